The van der Waals surface area contributed by atoms with Gasteiger partial charge in [-0.3, -0.25) is 4.79 Å². The molecule has 12 heteroatoms. The molecule has 3 rings (SSSR count). The van der Waals surface area contributed by atoms with Crippen molar-refractivity contribution in [1.82, 2.24) is 24.2 Å². The highest BCUT2D eigenvalue weighted by Crippen LogP contribution is 2.23. The second kappa shape index (κ2) is 9.07. The van der Waals surface area contributed by atoms with Crippen LogP contribution in [0.5, 0.6) is 0 Å². The van der Waals surface area contributed by atoms with Gasteiger partial charge in [0.1, 0.15) is 17.4 Å². The number of nitrogens with zero attached hydrogens (tertiary/aromatic N) is 4. The van der Waals surface area contributed by atoms with Crippen molar-refractivity contribution in [2.75, 3.05) is 7.05 Å². The van der Waals surface area contributed by atoms with E-state index in [2.05, 4.69) is 19.9 Å². The number of hydrogen-bond acceptors (Lipinski definition) is 6. The Hall–Kier alpha value is -2.27. The van der Waals surface area contributed by atoms with Crippen LogP contribution >= 0.6 is 23.2 Å². The van der Waals surface area contributed by atoms with Crippen molar-refractivity contribution in [2.45, 2.75) is 37.6 Å². The molecule has 0 aliphatic heterocycles. The smallest absolute Gasteiger partial charge is 0.322 e. The second-order valence-electron chi connectivity index (χ2n) is 7.49. The summed E-state index contributed by atoms with van der Waals surface area (Å²) in [4.78, 5) is 26.8. The van der Waals surface area contributed by atoms with Crippen LogP contribution in [-0.4, -0.2) is 56.8 Å². The molecule has 2 N–H and O–H groups in total. The molecule has 2 heterocycles. The van der Waals surface area contributed by atoms with Crippen LogP contribution in [0.25, 0.3) is 11.2 Å². The van der Waals surface area contributed by atoms with Gasteiger partial charge < -0.3 is 10.1 Å². The zero-order valence-electron chi connectivity index (χ0n) is 17.0. The summed E-state index contributed by atoms with van der Waals surface area (Å²) in [5.41, 5.74) is 1.59. The number of imidazole rings is 1. The molecule has 2 aromatic heterocycles. The molecule has 0 saturated carbocycles. The van der Waals surface area contributed by atoms with E-state index < -0.39 is 22.0 Å². The monoisotopic (exact) mass is 485 g/mol. The summed E-state index contributed by atoms with van der Waals surface area (Å²) in [5, 5.41) is 9.60. The SMILES string of the molecule is CC(C)C[C@@H](C(=O)O)N(C)S(=O)(=O)c1ccc(Cc2nc3c(Cl)nc(Cl)nc3[nH]2)cc1. The first-order valence-corrected chi connectivity index (χ1v) is 11.6. The highest BCUT2D eigenvalue weighted by molar-refractivity contribution is 7.89. The van der Waals surface area contributed by atoms with E-state index in [1.165, 1.54) is 19.2 Å². The van der Waals surface area contributed by atoms with Gasteiger partial charge >= 0.3 is 5.97 Å². The zero-order valence-corrected chi connectivity index (χ0v) is 19.3. The molecular formula is C19H21Cl2N5O4S. The molecule has 1 atom stereocenters. The van der Waals surface area contributed by atoms with Gasteiger partial charge in [0.2, 0.25) is 15.3 Å². The Morgan fingerprint density at radius 3 is 2.39 bits per heavy atom. The van der Waals surface area contributed by atoms with Crippen molar-refractivity contribution < 1.29 is 18.3 Å². The first kappa shape index (κ1) is 23.4. The molecule has 0 amide bonds. The molecule has 166 valence electrons. The molecule has 0 fully saturated rings. The van der Waals surface area contributed by atoms with Gasteiger partial charge in [0, 0.05) is 13.5 Å². The minimum Gasteiger partial charge on any atom is -0.480 e. The van der Waals surface area contributed by atoms with Gasteiger partial charge in [-0.15, -0.1) is 0 Å². The molecule has 31 heavy (non-hydrogen) atoms. The summed E-state index contributed by atoms with van der Waals surface area (Å²) in [6.07, 6.45) is 0.580. The lowest BCUT2D eigenvalue weighted by molar-refractivity contribution is -0.141. The van der Waals surface area contributed by atoms with Gasteiger partial charge in [-0.1, -0.05) is 37.6 Å². The molecule has 1 aromatic carbocycles. The number of sulfonamides is 1. The third kappa shape index (κ3) is 5.15. The third-order valence-electron chi connectivity index (χ3n) is 4.71. The predicted molar refractivity (Wildman–Crippen MR) is 117 cm³/mol. The van der Waals surface area contributed by atoms with E-state index in [1.807, 2.05) is 13.8 Å². The number of carboxylic acids is 1. The summed E-state index contributed by atoms with van der Waals surface area (Å²) < 4.78 is 26.7. The van der Waals surface area contributed by atoms with Gasteiger partial charge in [-0.05, 0) is 41.6 Å². The van der Waals surface area contributed by atoms with Gasteiger partial charge in [-0.2, -0.15) is 9.29 Å². The molecule has 0 aliphatic carbocycles. The standard InChI is InChI=1S/C19H21Cl2N5O4S/c1-10(2)8-13(18(27)28)26(3)31(29,30)12-6-4-11(5-7-12)9-14-22-15-16(20)24-19(21)25-17(15)23-14/h4-7,10,13H,8-9H2,1-3H3,(H,27,28)(H,22,23,24,25)/t13-/m0/s1. The number of carbonyl (C=O) groups is 1. The fourth-order valence-corrected chi connectivity index (χ4v) is 4.88. The number of aromatic amines is 1. The van der Waals surface area contributed by atoms with Crippen LogP contribution in [-0.2, 0) is 21.2 Å². The lowest BCUT2D eigenvalue weighted by Gasteiger charge is -2.25. The van der Waals surface area contributed by atoms with Crippen LogP contribution < -0.4 is 0 Å². The maximum Gasteiger partial charge on any atom is 0.322 e. The fraction of sp³-hybridized carbons (Fsp3) is 0.368. The zero-order chi connectivity index (χ0) is 22.9. The van der Waals surface area contributed by atoms with Crippen LogP contribution in [0.3, 0.4) is 0 Å². The van der Waals surface area contributed by atoms with Crippen molar-refractivity contribution in [1.29, 1.82) is 0 Å². The van der Waals surface area contributed by atoms with Crippen molar-refractivity contribution in [2.24, 2.45) is 5.92 Å². The van der Waals surface area contributed by atoms with Crippen molar-refractivity contribution in [3.05, 3.63) is 46.1 Å². The van der Waals surface area contributed by atoms with Gasteiger partial charge in [0.05, 0.1) is 4.90 Å². The fourth-order valence-electron chi connectivity index (χ4n) is 3.13. The summed E-state index contributed by atoms with van der Waals surface area (Å²) in [5.74, 6) is -0.592. The number of fused-ring (bicyclic) bond motifs is 1. The molecule has 0 saturated heterocycles. The largest absolute Gasteiger partial charge is 0.480 e. The van der Waals surface area contributed by atoms with Crippen LogP contribution in [0.4, 0.5) is 0 Å². The van der Waals surface area contributed by atoms with E-state index in [1.54, 1.807) is 12.1 Å². The number of nitrogens with one attached hydrogen (secondary N) is 1. The van der Waals surface area contributed by atoms with Crippen molar-refractivity contribution >= 4 is 50.4 Å². The average Bonchev–Trinajstić information content (AvgIpc) is 3.08. The number of carboxylic acid groups (broad SMARTS) is 1. The maximum atomic E-state index is 12.9. The Labute approximate surface area is 189 Å². The van der Waals surface area contributed by atoms with Gasteiger partial charge in [0.25, 0.3) is 0 Å². The van der Waals surface area contributed by atoms with Crippen molar-refractivity contribution in [3.63, 3.8) is 0 Å². The molecule has 0 unspecified atom stereocenters. The van der Waals surface area contributed by atoms with E-state index in [4.69, 9.17) is 23.2 Å². The predicted octanol–water partition coefficient (Wildman–Crippen LogP) is 3.37. The van der Waals surface area contributed by atoms with E-state index >= 15 is 0 Å². The lowest BCUT2D eigenvalue weighted by atomic mass is 10.0. The first-order chi connectivity index (χ1) is 14.5. The Balaban J connectivity index is 1.82. The number of rotatable bonds is 8. The molecule has 0 aliphatic rings. The number of halogens is 2. The van der Waals surface area contributed by atoms with Crippen LogP contribution in [0.1, 0.15) is 31.7 Å². The number of likely N-dealkylation sites (N-methyl/N-ethyl adjacent to an activating group) is 1. The van der Waals surface area contributed by atoms with Crippen LogP contribution in [0, 0.1) is 5.92 Å². The second-order valence-corrected chi connectivity index (χ2v) is 10.2. The third-order valence-corrected chi connectivity index (χ3v) is 7.03. The Morgan fingerprint density at radius 1 is 1.16 bits per heavy atom. The maximum absolute atomic E-state index is 12.9. The highest BCUT2D eigenvalue weighted by Gasteiger charge is 2.33. The molecule has 9 nitrogen and oxygen atoms in total. The normalized spacial score (nSPS) is 13.3. The van der Waals surface area contributed by atoms with E-state index in [-0.39, 0.29) is 27.7 Å². The number of hydrogen-bond donors (Lipinski definition) is 2. The topological polar surface area (TPSA) is 129 Å². The minimum absolute atomic E-state index is 0.00325. The average molecular weight is 486 g/mol. The molecule has 3 aromatic rings. The summed E-state index contributed by atoms with van der Waals surface area (Å²) >= 11 is 11.8. The summed E-state index contributed by atoms with van der Waals surface area (Å²) in [6, 6.07) is 5.04. The Morgan fingerprint density at radius 2 is 1.81 bits per heavy atom. The quantitative estimate of drug-likeness (QED) is 0.369. The number of aliphatic carboxylic acids is 1. The van der Waals surface area contributed by atoms with Crippen LogP contribution in [0.2, 0.25) is 10.4 Å². The summed E-state index contributed by atoms with van der Waals surface area (Å²) in [6.45, 7) is 3.69. The number of aromatic nitrogens is 4. The number of benzene rings is 1. The van der Waals surface area contributed by atoms with Crippen LogP contribution in [0.15, 0.2) is 29.2 Å². The molecule has 0 radical (unpaired) electrons. The Kier molecular flexibility index (Phi) is 6.85. The number of H-pyrrole nitrogens is 1. The molecule has 0 spiro atoms. The van der Waals surface area contributed by atoms with E-state index in [0.29, 0.717) is 23.4 Å². The minimum atomic E-state index is -3.97. The van der Waals surface area contributed by atoms with E-state index in [0.717, 1.165) is 9.87 Å². The molecular weight excluding hydrogens is 465 g/mol. The highest BCUT2D eigenvalue weighted by atomic mass is 35.5. The van der Waals surface area contributed by atoms with Crippen molar-refractivity contribution in [3.8, 4) is 0 Å². The Bertz CT molecular complexity index is 1210. The molecule has 0 bridgehead atoms. The first-order valence-electron chi connectivity index (χ1n) is 9.36. The lowest BCUT2D eigenvalue weighted by Crippen LogP contribution is -2.43. The van der Waals surface area contributed by atoms with Gasteiger partial charge in [-0.25, -0.2) is 18.4 Å². The van der Waals surface area contributed by atoms with E-state index in [9.17, 15) is 18.3 Å². The summed E-state index contributed by atoms with van der Waals surface area (Å²) in [7, 11) is -2.68. The van der Waals surface area contributed by atoms with Gasteiger partial charge in [0.15, 0.2) is 10.8 Å².